The second-order valence-electron chi connectivity index (χ2n) is 5.00. The molecule has 0 fully saturated rings. The number of rotatable bonds is 3. The summed E-state index contributed by atoms with van der Waals surface area (Å²) < 4.78 is 2.86. The molecule has 0 unspecified atom stereocenters. The zero-order chi connectivity index (χ0) is 16.7. The van der Waals surface area contributed by atoms with E-state index in [0.29, 0.717) is 21.0 Å². The number of nitro groups is 1. The van der Waals surface area contributed by atoms with Crippen molar-refractivity contribution in [2.45, 2.75) is 9.79 Å². The molecule has 0 aliphatic rings. The molecule has 0 amide bonds. The van der Waals surface area contributed by atoms with Gasteiger partial charge in [-0.15, -0.1) is 0 Å². The molecule has 0 spiro atoms. The van der Waals surface area contributed by atoms with Gasteiger partial charge >= 0.3 is 5.69 Å². The predicted molar refractivity (Wildman–Crippen MR) is 90.4 cm³/mol. The van der Waals surface area contributed by atoms with Crippen LogP contribution in [-0.2, 0) is 14.1 Å². The number of fused-ring (bicyclic) bond motifs is 1. The van der Waals surface area contributed by atoms with E-state index in [2.05, 4.69) is 0 Å². The Morgan fingerprint density at radius 1 is 1.09 bits per heavy atom. The minimum atomic E-state index is -0.448. The van der Waals surface area contributed by atoms with Crippen molar-refractivity contribution in [3.63, 3.8) is 0 Å². The van der Waals surface area contributed by atoms with E-state index in [1.54, 1.807) is 38.4 Å². The van der Waals surface area contributed by atoms with Crippen LogP contribution in [0.25, 0.3) is 11.0 Å². The Hall–Kier alpha value is -2.25. The highest BCUT2D eigenvalue weighted by molar-refractivity contribution is 7.99. The molecule has 3 rings (SSSR count). The first-order chi connectivity index (χ1) is 10.9. The molecule has 23 heavy (non-hydrogen) atoms. The smallest absolute Gasteiger partial charge is 0.295 e. The Morgan fingerprint density at radius 2 is 1.70 bits per heavy atom. The summed E-state index contributed by atoms with van der Waals surface area (Å²) in [5.74, 6) is 0. The van der Waals surface area contributed by atoms with Gasteiger partial charge in [0, 0.05) is 25.1 Å². The van der Waals surface area contributed by atoms with E-state index in [4.69, 9.17) is 11.6 Å². The molecule has 1 aromatic heterocycles. The van der Waals surface area contributed by atoms with Gasteiger partial charge in [0.25, 0.3) is 5.69 Å². The summed E-state index contributed by atoms with van der Waals surface area (Å²) in [4.78, 5) is 24.1. The zero-order valence-electron chi connectivity index (χ0n) is 12.3. The SMILES string of the molecule is Cn1c(=O)n(C)c2cc([N+](=O)[O-])c(Sc3ccccc3Cl)cc21. The Kier molecular flexibility index (Phi) is 3.91. The fraction of sp³-hybridized carbons (Fsp3) is 0.133. The molecule has 0 aliphatic heterocycles. The van der Waals surface area contributed by atoms with Gasteiger partial charge in [-0.05, 0) is 18.2 Å². The van der Waals surface area contributed by atoms with Crippen LogP contribution in [0.5, 0.6) is 0 Å². The summed E-state index contributed by atoms with van der Waals surface area (Å²) in [5.41, 5.74) is 0.878. The molecular weight excluding hydrogens is 338 g/mol. The molecule has 0 aliphatic carbocycles. The van der Waals surface area contributed by atoms with E-state index in [0.717, 1.165) is 4.90 Å². The molecule has 0 radical (unpaired) electrons. The third-order valence-corrected chi connectivity index (χ3v) is 5.17. The lowest BCUT2D eigenvalue weighted by Crippen LogP contribution is -2.19. The van der Waals surface area contributed by atoms with E-state index < -0.39 is 4.92 Å². The predicted octanol–water partition coefficient (Wildman–Crippen LogP) is 3.59. The number of halogens is 1. The van der Waals surface area contributed by atoms with Crippen LogP contribution in [0.1, 0.15) is 0 Å². The average molecular weight is 350 g/mol. The molecule has 6 nitrogen and oxygen atoms in total. The number of nitrogens with zero attached hydrogens (tertiary/aromatic N) is 3. The van der Waals surface area contributed by atoms with Crippen LogP contribution in [0.3, 0.4) is 0 Å². The third-order valence-electron chi connectivity index (χ3n) is 3.61. The highest BCUT2D eigenvalue weighted by Crippen LogP contribution is 2.39. The van der Waals surface area contributed by atoms with E-state index in [9.17, 15) is 14.9 Å². The zero-order valence-corrected chi connectivity index (χ0v) is 13.9. The van der Waals surface area contributed by atoms with Gasteiger partial charge < -0.3 is 0 Å². The monoisotopic (exact) mass is 349 g/mol. The van der Waals surface area contributed by atoms with Gasteiger partial charge in [-0.1, -0.05) is 35.5 Å². The van der Waals surface area contributed by atoms with Crippen molar-refractivity contribution in [3.05, 3.63) is 62.0 Å². The summed E-state index contributed by atoms with van der Waals surface area (Å²) in [5, 5.41) is 11.9. The van der Waals surface area contributed by atoms with Crippen molar-refractivity contribution in [1.82, 2.24) is 9.13 Å². The lowest BCUT2D eigenvalue weighted by Gasteiger charge is -2.06. The summed E-state index contributed by atoms with van der Waals surface area (Å²) in [6.07, 6.45) is 0. The summed E-state index contributed by atoms with van der Waals surface area (Å²) in [6.45, 7) is 0. The second kappa shape index (κ2) is 5.75. The molecular formula is C15H12ClN3O3S. The van der Waals surface area contributed by atoms with Crippen molar-refractivity contribution in [3.8, 4) is 0 Å². The summed E-state index contributed by atoms with van der Waals surface area (Å²) >= 11 is 7.34. The highest BCUT2D eigenvalue weighted by atomic mass is 35.5. The fourth-order valence-corrected chi connectivity index (χ4v) is 3.59. The van der Waals surface area contributed by atoms with Gasteiger partial charge in [-0.3, -0.25) is 19.2 Å². The van der Waals surface area contributed by atoms with Crippen LogP contribution in [0.4, 0.5) is 5.69 Å². The first-order valence-corrected chi connectivity index (χ1v) is 7.86. The van der Waals surface area contributed by atoms with Crippen LogP contribution in [-0.4, -0.2) is 14.1 Å². The van der Waals surface area contributed by atoms with Gasteiger partial charge in [-0.25, -0.2) is 4.79 Å². The first-order valence-electron chi connectivity index (χ1n) is 6.66. The molecule has 1 heterocycles. The second-order valence-corrected chi connectivity index (χ2v) is 6.49. The number of aryl methyl sites for hydroxylation is 2. The lowest BCUT2D eigenvalue weighted by molar-refractivity contribution is -0.387. The number of aromatic nitrogens is 2. The van der Waals surface area contributed by atoms with Crippen LogP contribution in [0.15, 0.2) is 51.0 Å². The van der Waals surface area contributed by atoms with Gasteiger partial charge in [0.2, 0.25) is 0 Å². The Bertz CT molecular complexity index is 994. The van der Waals surface area contributed by atoms with E-state index in [1.807, 2.05) is 6.07 Å². The Morgan fingerprint density at radius 3 is 2.30 bits per heavy atom. The molecule has 0 atom stereocenters. The average Bonchev–Trinajstić information content (AvgIpc) is 2.73. The van der Waals surface area contributed by atoms with Crippen molar-refractivity contribution in [1.29, 1.82) is 0 Å². The fourth-order valence-electron chi connectivity index (χ4n) is 2.39. The molecule has 0 N–H and O–H groups in total. The van der Waals surface area contributed by atoms with Gasteiger partial charge in [0.1, 0.15) is 0 Å². The van der Waals surface area contributed by atoms with E-state index >= 15 is 0 Å². The number of imidazole rings is 1. The van der Waals surface area contributed by atoms with Crippen molar-refractivity contribution in [2.75, 3.05) is 0 Å². The molecule has 2 aromatic carbocycles. The van der Waals surface area contributed by atoms with Crippen LogP contribution >= 0.6 is 23.4 Å². The maximum Gasteiger partial charge on any atom is 0.328 e. The quantitative estimate of drug-likeness (QED) is 0.535. The Balaban J connectivity index is 2.25. The standard InChI is InChI=1S/C15H12ClN3O3S/c1-17-10-7-12(19(21)22)14(8-11(10)18(2)15(17)20)23-13-6-4-3-5-9(13)16/h3-8H,1-2H3. The van der Waals surface area contributed by atoms with Crippen molar-refractivity contribution < 1.29 is 4.92 Å². The Labute approximate surface area is 140 Å². The van der Waals surface area contributed by atoms with Gasteiger partial charge in [0.05, 0.1) is 25.9 Å². The lowest BCUT2D eigenvalue weighted by atomic mass is 10.2. The number of hydrogen-bond acceptors (Lipinski definition) is 4. The number of hydrogen-bond donors (Lipinski definition) is 0. The van der Waals surface area contributed by atoms with Crippen LogP contribution < -0.4 is 5.69 Å². The maximum absolute atomic E-state index is 12.0. The van der Waals surface area contributed by atoms with Crippen LogP contribution in [0, 0.1) is 10.1 Å². The highest BCUT2D eigenvalue weighted by Gasteiger charge is 2.20. The molecule has 8 heteroatoms. The molecule has 0 saturated carbocycles. The van der Waals surface area contributed by atoms with Crippen molar-refractivity contribution in [2.24, 2.45) is 14.1 Å². The summed E-state index contributed by atoms with van der Waals surface area (Å²) in [7, 11) is 3.23. The normalized spacial score (nSPS) is 11.1. The van der Waals surface area contributed by atoms with Gasteiger partial charge in [-0.2, -0.15) is 0 Å². The minimum absolute atomic E-state index is 0.0522. The topological polar surface area (TPSA) is 70.1 Å². The third kappa shape index (κ3) is 2.62. The molecule has 118 valence electrons. The van der Waals surface area contributed by atoms with Gasteiger partial charge in [0.15, 0.2) is 0 Å². The van der Waals surface area contributed by atoms with E-state index in [1.165, 1.54) is 27.0 Å². The summed E-state index contributed by atoms with van der Waals surface area (Å²) in [6, 6.07) is 10.2. The maximum atomic E-state index is 12.0. The largest absolute Gasteiger partial charge is 0.328 e. The number of benzene rings is 2. The van der Waals surface area contributed by atoms with Crippen LogP contribution in [0.2, 0.25) is 5.02 Å². The first kappa shape index (κ1) is 15.6. The van der Waals surface area contributed by atoms with Crippen molar-refractivity contribution >= 4 is 40.1 Å². The number of nitro benzene ring substituents is 1. The molecule has 0 saturated heterocycles. The minimum Gasteiger partial charge on any atom is -0.295 e. The molecule has 0 bridgehead atoms. The molecule has 3 aromatic rings. The van der Waals surface area contributed by atoms with E-state index in [-0.39, 0.29) is 11.4 Å².